The molecule has 0 saturated heterocycles. The van der Waals surface area contributed by atoms with Crippen LogP contribution in [0.15, 0.2) is 83.8 Å². The molecule has 0 aliphatic heterocycles. The normalized spacial score (nSPS) is 11.5. The van der Waals surface area contributed by atoms with Crippen LogP contribution in [0.5, 0.6) is 5.75 Å². The Hall–Kier alpha value is -2.45. The number of thioether (sulfide) groups is 1. The number of allylic oxidation sites excluding steroid dienone is 1. The molecule has 0 spiro atoms. The predicted molar refractivity (Wildman–Crippen MR) is 104 cm³/mol. The SMILES string of the molecule is C/C=C(/Sc1ccc(-c2ccccc2)cc1C)c1ccccc1O. The van der Waals surface area contributed by atoms with Gasteiger partial charge in [0.05, 0.1) is 0 Å². The zero-order chi connectivity index (χ0) is 16.9. The zero-order valence-corrected chi connectivity index (χ0v) is 14.7. The lowest BCUT2D eigenvalue weighted by atomic mass is 10.0. The van der Waals surface area contributed by atoms with Crippen LogP contribution in [0.25, 0.3) is 16.0 Å². The number of rotatable bonds is 4. The van der Waals surface area contributed by atoms with E-state index >= 15 is 0 Å². The molecule has 0 saturated carbocycles. The van der Waals surface area contributed by atoms with E-state index in [9.17, 15) is 5.11 Å². The quantitative estimate of drug-likeness (QED) is 0.549. The molecule has 0 aliphatic carbocycles. The number of hydrogen-bond donors (Lipinski definition) is 1. The van der Waals surface area contributed by atoms with Crippen LogP contribution in [0.1, 0.15) is 18.1 Å². The van der Waals surface area contributed by atoms with Crippen molar-refractivity contribution in [2.24, 2.45) is 0 Å². The molecule has 1 N–H and O–H groups in total. The van der Waals surface area contributed by atoms with E-state index in [1.165, 1.54) is 21.6 Å². The Labute approximate surface area is 147 Å². The fourth-order valence-corrected chi connectivity index (χ4v) is 3.64. The summed E-state index contributed by atoms with van der Waals surface area (Å²) in [6.45, 7) is 4.13. The van der Waals surface area contributed by atoms with Gasteiger partial charge in [-0.2, -0.15) is 0 Å². The van der Waals surface area contributed by atoms with Gasteiger partial charge in [0.2, 0.25) is 0 Å². The maximum absolute atomic E-state index is 10.1. The molecule has 0 unspecified atom stereocenters. The molecule has 120 valence electrons. The maximum Gasteiger partial charge on any atom is 0.123 e. The van der Waals surface area contributed by atoms with Gasteiger partial charge in [-0.05, 0) is 42.7 Å². The minimum Gasteiger partial charge on any atom is -0.507 e. The molecule has 0 heterocycles. The van der Waals surface area contributed by atoms with Gasteiger partial charge in [-0.1, -0.05) is 78.5 Å². The second-order valence-electron chi connectivity index (χ2n) is 5.62. The summed E-state index contributed by atoms with van der Waals surface area (Å²) in [5, 5.41) is 10.1. The van der Waals surface area contributed by atoms with Gasteiger partial charge in [0.1, 0.15) is 5.75 Å². The van der Waals surface area contributed by atoms with Crippen LogP contribution in [0.3, 0.4) is 0 Å². The van der Waals surface area contributed by atoms with Crippen molar-refractivity contribution in [2.45, 2.75) is 18.7 Å². The summed E-state index contributed by atoms with van der Waals surface area (Å²) in [4.78, 5) is 2.26. The smallest absolute Gasteiger partial charge is 0.123 e. The number of para-hydroxylation sites is 1. The van der Waals surface area contributed by atoms with Gasteiger partial charge in [-0.3, -0.25) is 0 Å². The predicted octanol–water partition coefficient (Wildman–Crippen LogP) is 6.52. The lowest BCUT2D eigenvalue weighted by molar-refractivity contribution is 0.474. The van der Waals surface area contributed by atoms with Crippen molar-refractivity contribution in [1.29, 1.82) is 0 Å². The van der Waals surface area contributed by atoms with E-state index < -0.39 is 0 Å². The molecule has 3 aromatic rings. The molecule has 24 heavy (non-hydrogen) atoms. The average Bonchev–Trinajstić information content (AvgIpc) is 2.62. The van der Waals surface area contributed by atoms with Gasteiger partial charge < -0.3 is 5.11 Å². The van der Waals surface area contributed by atoms with Crippen molar-refractivity contribution in [3.63, 3.8) is 0 Å². The fraction of sp³-hybridized carbons (Fsp3) is 0.0909. The number of aromatic hydroxyl groups is 1. The van der Waals surface area contributed by atoms with Crippen molar-refractivity contribution in [3.8, 4) is 16.9 Å². The first kappa shape index (κ1) is 16.4. The molecule has 3 rings (SSSR count). The van der Waals surface area contributed by atoms with Crippen molar-refractivity contribution < 1.29 is 5.11 Å². The van der Waals surface area contributed by atoms with E-state index in [0.29, 0.717) is 5.75 Å². The van der Waals surface area contributed by atoms with Crippen molar-refractivity contribution >= 4 is 16.7 Å². The minimum absolute atomic E-state index is 0.316. The molecule has 1 nitrogen and oxygen atoms in total. The Morgan fingerprint density at radius 1 is 0.875 bits per heavy atom. The van der Waals surface area contributed by atoms with E-state index in [1.807, 2.05) is 37.3 Å². The standard InChI is InChI=1S/C22H20OS/c1-3-21(19-11-7-8-12-20(19)23)24-22-14-13-18(15-16(22)2)17-9-5-4-6-10-17/h3-15,23H,1-2H3/b21-3+. The van der Waals surface area contributed by atoms with Crippen LogP contribution in [0.2, 0.25) is 0 Å². The second kappa shape index (κ2) is 7.41. The molecule has 2 heteroatoms. The number of phenolic OH excluding ortho intramolecular Hbond substituents is 1. The Kier molecular flexibility index (Phi) is 5.07. The Bertz CT molecular complexity index is 866. The molecular weight excluding hydrogens is 312 g/mol. The number of phenols is 1. The number of hydrogen-bond acceptors (Lipinski definition) is 2. The fourth-order valence-electron chi connectivity index (χ4n) is 2.64. The van der Waals surface area contributed by atoms with Crippen LogP contribution < -0.4 is 0 Å². The summed E-state index contributed by atoms with van der Waals surface area (Å²) in [5.74, 6) is 0.316. The van der Waals surface area contributed by atoms with E-state index in [1.54, 1.807) is 17.8 Å². The third-order valence-electron chi connectivity index (χ3n) is 3.93. The number of benzene rings is 3. The van der Waals surface area contributed by atoms with Crippen LogP contribution in [0, 0.1) is 6.92 Å². The first-order valence-electron chi connectivity index (χ1n) is 7.97. The summed E-state index contributed by atoms with van der Waals surface area (Å²) < 4.78 is 0. The minimum atomic E-state index is 0.316. The highest BCUT2D eigenvalue weighted by Crippen LogP contribution is 2.40. The first-order valence-corrected chi connectivity index (χ1v) is 8.79. The van der Waals surface area contributed by atoms with E-state index in [2.05, 4.69) is 49.4 Å². The molecule has 0 bridgehead atoms. The van der Waals surface area contributed by atoms with Gasteiger partial charge in [0.25, 0.3) is 0 Å². The van der Waals surface area contributed by atoms with Crippen molar-refractivity contribution in [1.82, 2.24) is 0 Å². The molecular formula is C22H20OS. The molecule has 0 radical (unpaired) electrons. The number of aryl methyl sites for hydroxylation is 1. The van der Waals surface area contributed by atoms with Gasteiger partial charge >= 0.3 is 0 Å². The Morgan fingerprint density at radius 3 is 2.25 bits per heavy atom. The third-order valence-corrected chi connectivity index (χ3v) is 5.29. The van der Waals surface area contributed by atoms with E-state index in [-0.39, 0.29) is 0 Å². The average molecular weight is 332 g/mol. The third kappa shape index (κ3) is 3.55. The van der Waals surface area contributed by atoms with Gasteiger partial charge in [0.15, 0.2) is 0 Å². The highest BCUT2D eigenvalue weighted by Gasteiger charge is 2.10. The molecule has 0 aliphatic rings. The zero-order valence-electron chi connectivity index (χ0n) is 13.9. The molecule has 0 fully saturated rings. The van der Waals surface area contributed by atoms with E-state index in [0.717, 1.165) is 10.5 Å². The van der Waals surface area contributed by atoms with E-state index in [4.69, 9.17) is 0 Å². The summed E-state index contributed by atoms with van der Waals surface area (Å²) in [6.07, 6.45) is 2.05. The second-order valence-corrected chi connectivity index (χ2v) is 6.70. The summed E-state index contributed by atoms with van der Waals surface area (Å²) in [6, 6.07) is 24.4. The molecule has 0 atom stereocenters. The summed E-state index contributed by atoms with van der Waals surface area (Å²) in [5.41, 5.74) is 4.55. The highest BCUT2D eigenvalue weighted by molar-refractivity contribution is 8.08. The van der Waals surface area contributed by atoms with Gasteiger partial charge in [0, 0.05) is 15.4 Å². The van der Waals surface area contributed by atoms with Crippen LogP contribution >= 0.6 is 11.8 Å². The first-order chi connectivity index (χ1) is 11.7. The van der Waals surface area contributed by atoms with Crippen molar-refractivity contribution in [2.75, 3.05) is 0 Å². The topological polar surface area (TPSA) is 20.2 Å². The van der Waals surface area contributed by atoms with Crippen LogP contribution in [-0.2, 0) is 0 Å². The molecule has 3 aromatic carbocycles. The Balaban J connectivity index is 1.89. The maximum atomic E-state index is 10.1. The largest absolute Gasteiger partial charge is 0.507 e. The molecule has 0 aromatic heterocycles. The van der Waals surface area contributed by atoms with Gasteiger partial charge in [-0.25, -0.2) is 0 Å². The summed E-state index contributed by atoms with van der Waals surface area (Å²) >= 11 is 1.69. The van der Waals surface area contributed by atoms with Crippen LogP contribution in [-0.4, -0.2) is 5.11 Å². The Morgan fingerprint density at radius 2 is 1.58 bits per heavy atom. The molecule has 0 amide bonds. The van der Waals surface area contributed by atoms with Gasteiger partial charge in [-0.15, -0.1) is 0 Å². The highest BCUT2D eigenvalue weighted by atomic mass is 32.2. The summed E-state index contributed by atoms with van der Waals surface area (Å²) in [7, 11) is 0. The lowest BCUT2D eigenvalue weighted by Crippen LogP contribution is -1.86. The monoisotopic (exact) mass is 332 g/mol. The lowest BCUT2D eigenvalue weighted by Gasteiger charge is -2.12. The van der Waals surface area contributed by atoms with Crippen LogP contribution in [0.4, 0.5) is 0 Å². The van der Waals surface area contributed by atoms with Crippen molar-refractivity contribution in [3.05, 3.63) is 90.0 Å².